The molecule has 2 aliphatic carbocycles. The first-order chi connectivity index (χ1) is 23.8. The summed E-state index contributed by atoms with van der Waals surface area (Å²) in [5.41, 5.74) is 14.8. The van der Waals surface area contributed by atoms with E-state index in [0.717, 1.165) is 11.1 Å². The summed E-state index contributed by atoms with van der Waals surface area (Å²) in [4.78, 5) is 26.4. The minimum absolute atomic E-state index is 0.0312. The van der Waals surface area contributed by atoms with Gasteiger partial charge in [-0.1, -0.05) is 52.0 Å². The number of benzene rings is 2. The summed E-state index contributed by atoms with van der Waals surface area (Å²) in [6, 6.07) is 18.9. The minimum Gasteiger partial charge on any atom is -0.490 e. The average Bonchev–Trinajstić information content (AvgIpc) is 3.04. The van der Waals surface area contributed by atoms with Crippen molar-refractivity contribution in [1.82, 2.24) is 0 Å². The fraction of sp³-hybridized carbons (Fsp3) is 0.350. The molecule has 0 saturated heterocycles. The van der Waals surface area contributed by atoms with Crippen LogP contribution in [-0.2, 0) is 19.1 Å². The Labute approximate surface area is 291 Å². The van der Waals surface area contributed by atoms with Gasteiger partial charge >= 0.3 is 0 Å². The standard InChI is InChI=1S/C40H40N4O6/c1-39(2)17-29(45)35-31(19-39)49-37(43)27(21-41)33(35)23-7-11-25(12-8-23)47-15-5-6-16-48-26-13-9-24(10-14-26)34-28(22-42)38(44)50-32-20-40(3,4)18-30(46)36(32)34/h5-14,33-34H,15-20,43-44H2,1-4H3/b6-5-. The molecule has 6 rings (SSSR count). The Hall–Kier alpha value is -5.74. The molecule has 2 aliphatic heterocycles. The molecule has 0 amide bonds. The first kappa shape index (κ1) is 34.1. The maximum Gasteiger partial charge on any atom is 0.205 e. The van der Waals surface area contributed by atoms with Crippen LogP contribution in [0.2, 0.25) is 0 Å². The van der Waals surface area contributed by atoms with Crippen molar-refractivity contribution >= 4 is 11.6 Å². The summed E-state index contributed by atoms with van der Waals surface area (Å²) in [5.74, 6) is 1.19. The lowest BCUT2D eigenvalue weighted by Gasteiger charge is -2.37. The van der Waals surface area contributed by atoms with Crippen LogP contribution < -0.4 is 20.9 Å². The normalized spacial score (nSPS) is 22.7. The SMILES string of the molecule is CC1(C)CC(=O)C2=C(C1)OC(N)=C(C#N)C2c1ccc(OC/C=C\COc2ccc(C3C(C#N)=C(N)OC4=C3C(=O)CC(C)(C)C4)cc2)cc1. The molecule has 2 heterocycles. The molecule has 2 unspecified atom stereocenters. The Morgan fingerprint density at radius 2 is 1.04 bits per heavy atom. The first-order valence-electron chi connectivity index (χ1n) is 16.6. The molecule has 4 N–H and O–H groups in total. The van der Waals surface area contributed by atoms with Gasteiger partial charge in [-0.05, 0) is 58.4 Å². The Bertz CT molecular complexity index is 1840. The van der Waals surface area contributed by atoms with E-state index in [9.17, 15) is 20.1 Å². The monoisotopic (exact) mass is 672 g/mol. The van der Waals surface area contributed by atoms with Crippen molar-refractivity contribution in [2.75, 3.05) is 13.2 Å². The number of Topliss-reactive ketones (excluding diaryl/α,β-unsaturated/α-hetero) is 2. The van der Waals surface area contributed by atoms with Gasteiger partial charge in [-0.2, -0.15) is 10.5 Å². The third-order valence-electron chi connectivity index (χ3n) is 9.44. The number of ether oxygens (including phenoxy) is 4. The number of hydrogen-bond acceptors (Lipinski definition) is 10. The molecule has 0 aromatic heterocycles. The molecule has 256 valence electrons. The molecular formula is C40H40N4O6. The first-order valence-corrected chi connectivity index (χ1v) is 16.6. The fourth-order valence-corrected chi connectivity index (χ4v) is 7.17. The van der Waals surface area contributed by atoms with Crippen LogP contribution in [0.3, 0.4) is 0 Å². The van der Waals surface area contributed by atoms with Gasteiger partial charge in [0.1, 0.15) is 59.5 Å². The summed E-state index contributed by atoms with van der Waals surface area (Å²) in [5, 5.41) is 19.7. The number of carbonyl (C=O) groups is 2. The summed E-state index contributed by atoms with van der Waals surface area (Å²) in [6.45, 7) is 8.66. The molecule has 0 radical (unpaired) electrons. The lowest BCUT2D eigenvalue weighted by atomic mass is 9.70. The van der Waals surface area contributed by atoms with Crippen LogP contribution in [0.15, 0.2) is 106 Å². The van der Waals surface area contributed by atoms with Gasteiger partial charge in [0.2, 0.25) is 11.8 Å². The predicted molar refractivity (Wildman–Crippen MR) is 184 cm³/mol. The fourth-order valence-electron chi connectivity index (χ4n) is 7.17. The van der Waals surface area contributed by atoms with E-state index in [2.05, 4.69) is 12.1 Å². The second kappa shape index (κ2) is 13.3. The molecule has 10 nitrogen and oxygen atoms in total. The molecule has 4 aliphatic rings. The molecule has 2 aromatic rings. The number of ketones is 2. The highest BCUT2D eigenvalue weighted by molar-refractivity contribution is 6.00. The van der Waals surface area contributed by atoms with Gasteiger partial charge in [-0.15, -0.1) is 0 Å². The maximum atomic E-state index is 13.2. The number of nitrogens with zero attached hydrogens (tertiary/aromatic N) is 2. The van der Waals surface area contributed by atoms with Crippen LogP contribution in [0.5, 0.6) is 11.5 Å². The molecular weight excluding hydrogens is 632 g/mol. The van der Waals surface area contributed by atoms with E-state index in [-0.39, 0.29) is 45.3 Å². The van der Waals surface area contributed by atoms with E-state index in [1.807, 2.05) is 64.1 Å². The number of rotatable bonds is 8. The van der Waals surface area contributed by atoms with Gasteiger partial charge in [0, 0.05) is 36.8 Å². The summed E-state index contributed by atoms with van der Waals surface area (Å²) in [6.07, 6.45) is 5.57. The van der Waals surface area contributed by atoms with Gasteiger partial charge in [0.05, 0.1) is 11.8 Å². The molecule has 0 bridgehead atoms. The van der Waals surface area contributed by atoms with Crippen LogP contribution in [0.4, 0.5) is 0 Å². The van der Waals surface area contributed by atoms with E-state index < -0.39 is 11.8 Å². The Balaban J connectivity index is 1.05. The molecule has 2 aromatic carbocycles. The third kappa shape index (κ3) is 6.75. The number of hydrogen-bond donors (Lipinski definition) is 2. The summed E-state index contributed by atoms with van der Waals surface area (Å²) < 4.78 is 23.3. The van der Waals surface area contributed by atoms with E-state index >= 15 is 0 Å². The van der Waals surface area contributed by atoms with E-state index in [1.54, 1.807) is 24.3 Å². The number of carbonyl (C=O) groups excluding carboxylic acids is 2. The summed E-state index contributed by atoms with van der Waals surface area (Å²) >= 11 is 0. The van der Waals surface area contributed by atoms with E-state index in [1.165, 1.54) is 0 Å². The molecule has 0 fully saturated rings. The zero-order valence-corrected chi connectivity index (χ0v) is 28.7. The Kier molecular flexibility index (Phi) is 9.07. The number of nitrogens with two attached hydrogens (primary N) is 2. The van der Waals surface area contributed by atoms with Crippen molar-refractivity contribution in [2.45, 2.75) is 65.2 Å². The average molecular weight is 673 g/mol. The second-order valence-corrected chi connectivity index (χ2v) is 14.6. The van der Waals surface area contributed by atoms with Crippen LogP contribution in [0, 0.1) is 33.5 Å². The van der Waals surface area contributed by atoms with Gasteiger partial charge in [0.25, 0.3) is 0 Å². The zero-order chi connectivity index (χ0) is 35.8. The molecule has 50 heavy (non-hydrogen) atoms. The second-order valence-electron chi connectivity index (χ2n) is 14.6. The Morgan fingerprint density at radius 3 is 1.38 bits per heavy atom. The van der Waals surface area contributed by atoms with Crippen molar-refractivity contribution in [3.05, 3.63) is 117 Å². The van der Waals surface area contributed by atoms with Crippen LogP contribution in [-0.4, -0.2) is 24.8 Å². The predicted octanol–water partition coefficient (Wildman–Crippen LogP) is 6.60. The topological polar surface area (TPSA) is 171 Å². The quantitative estimate of drug-likeness (QED) is 0.291. The van der Waals surface area contributed by atoms with Crippen molar-refractivity contribution in [3.8, 4) is 23.6 Å². The van der Waals surface area contributed by atoms with E-state index in [0.29, 0.717) is 73.1 Å². The van der Waals surface area contributed by atoms with Gasteiger partial charge in [0.15, 0.2) is 11.6 Å². The molecule has 10 heteroatoms. The highest BCUT2D eigenvalue weighted by Gasteiger charge is 2.44. The largest absolute Gasteiger partial charge is 0.490 e. The van der Waals surface area contributed by atoms with Crippen molar-refractivity contribution in [1.29, 1.82) is 10.5 Å². The van der Waals surface area contributed by atoms with Crippen LogP contribution in [0.25, 0.3) is 0 Å². The highest BCUT2D eigenvalue weighted by Crippen LogP contribution is 2.49. The zero-order valence-electron chi connectivity index (χ0n) is 28.7. The van der Waals surface area contributed by atoms with Crippen molar-refractivity contribution in [3.63, 3.8) is 0 Å². The highest BCUT2D eigenvalue weighted by atomic mass is 16.5. The van der Waals surface area contributed by atoms with Crippen molar-refractivity contribution in [2.24, 2.45) is 22.3 Å². The number of nitriles is 2. The van der Waals surface area contributed by atoms with Crippen molar-refractivity contribution < 1.29 is 28.5 Å². The van der Waals surface area contributed by atoms with Gasteiger partial charge < -0.3 is 30.4 Å². The number of allylic oxidation sites excluding steroid dienone is 6. The Morgan fingerprint density at radius 1 is 0.680 bits per heavy atom. The molecule has 2 atom stereocenters. The summed E-state index contributed by atoms with van der Waals surface area (Å²) in [7, 11) is 0. The van der Waals surface area contributed by atoms with Crippen LogP contribution >= 0.6 is 0 Å². The lowest BCUT2D eigenvalue weighted by molar-refractivity contribution is -0.119. The third-order valence-corrected chi connectivity index (χ3v) is 9.44. The van der Waals surface area contributed by atoms with Gasteiger partial charge in [-0.3, -0.25) is 9.59 Å². The van der Waals surface area contributed by atoms with E-state index in [4.69, 9.17) is 30.4 Å². The molecule has 0 saturated carbocycles. The maximum absolute atomic E-state index is 13.2. The minimum atomic E-state index is -0.580. The van der Waals surface area contributed by atoms with Gasteiger partial charge in [-0.25, -0.2) is 0 Å². The lowest BCUT2D eigenvalue weighted by Crippen LogP contribution is -2.33. The molecule has 0 spiro atoms. The smallest absolute Gasteiger partial charge is 0.205 e. The van der Waals surface area contributed by atoms with Crippen LogP contribution in [0.1, 0.15) is 76.3 Å².